The minimum absolute atomic E-state index is 0.0364. The van der Waals surface area contributed by atoms with E-state index in [-0.39, 0.29) is 35.5 Å². The summed E-state index contributed by atoms with van der Waals surface area (Å²) in [6, 6.07) is 15.1. The minimum atomic E-state index is -0.790. The third kappa shape index (κ3) is 2.35. The van der Waals surface area contributed by atoms with Crippen molar-refractivity contribution in [1.29, 1.82) is 0 Å². The van der Waals surface area contributed by atoms with Crippen LogP contribution >= 0.6 is 0 Å². The number of hydrogen-bond donors (Lipinski definition) is 0. The standard InChI is InChI=1S/C24H21NO4/c1-13-6-8-15(9-7-13)22(26)21-20-18-12-28-24(29-18)23(27)19(20)17-11-10-14-4-2-3-5-16(14)25(17)21/h2-11,17-21,24H,12H2,1H3/t17-,18+,19-,20+,21-,24+/m1/s1. The molecule has 29 heavy (non-hydrogen) atoms. The summed E-state index contributed by atoms with van der Waals surface area (Å²) in [5.74, 6) is -0.530. The van der Waals surface area contributed by atoms with Gasteiger partial charge in [-0.25, -0.2) is 0 Å². The van der Waals surface area contributed by atoms with Gasteiger partial charge in [0.25, 0.3) is 0 Å². The van der Waals surface area contributed by atoms with Crippen LogP contribution in [0, 0.1) is 18.8 Å². The van der Waals surface area contributed by atoms with Gasteiger partial charge in [0, 0.05) is 17.2 Å². The Labute approximate surface area is 168 Å². The molecule has 5 heteroatoms. The van der Waals surface area contributed by atoms with Gasteiger partial charge in [0.05, 0.1) is 30.7 Å². The van der Waals surface area contributed by atoms with Crippen LogP contribution in [0.5, 0.6) is 0 Å². The Morgan fingerprint density at radius 3 is 2.72 bits per heavy atom. The fraction of sp³-hybridized carbons (Fsp3) is 0.333. The summed E-state index contributed by atoms with van der Waals surface area (Å²) in [6.07, 6.45) is 3.11. The summed E-state index contributed by atoms with van der Waals surface area (Å²) in [5.41, 5.74) is 3.85. The smallest absolute Gasteiger partial charge is 0.218 e. The van der Waals surface area contributed by atoms with Crippen molar-refractivity contribution in [3.8, 4) is 0 Å². The molecule has 6 rings (SSSR count). The highest BCUT2D eigenvalue weighted by Gasteiger charge is 2.63. The number of anilines is 1. The van der Waals surface area contributed by atoms with Crippen LogP contribution in [0.1, 0.15) is 21.5 Å². The largest absolute Gasteiger partial charge is 0.353 e. The fourth-order valence-electron chi connectivity index (χ4n) is 5.47. The molecule has 146 valence electrons. The van der Waals surface area contributed by atoms with Gasteiger partial charge in [0.15, 0.2) is 11.6 Å². The molecule has 4 aliphatic heterocycles. The first-order valence-electron chi connectivity index (χ1n) is 10.1. The van der Waals surface area contributed by atoms with Gasteiger partial charge in [-0.3, -0.25) is 9.59 Å². The van der Waals surface area contributed by atoms with Crippen LogP contribution in [-0.2, 0) is 14.3 Å². The number of rotatable bonds is 2. The van der Waals surface area contributed by atoms with E-state index in [1.165, 1.54) is 0 Å². The van der Waals surface area contributed by atoms with Crippen molar-refractivity contribution >= 4 is 23.3 Å². The number of para-hydroxylation sites is 1. The van der Waals surface area contributed by atoms with E-state index in [9.17, 15) is 9.59 Å². The molecule has 0 amide bonds. The van der Waals surface area contributed by atoms with Gasteiger partial charge in [-0.1, -0.05) is 60.2 Å². The van der Waals surface area contributed by atoms with Crippen LogP contribution in [0.25, 0.3) is 6.08 Å². The van der Waals surface area contributed by atoms with E-state index in [0.29, 0.717) is 12.2 Å². The normalized spacial score (nSPS) is 34.0. The maximum absolute atomic E-state index is 13.8. The lowest BCUT2D eigenvalue weighted by atomic mass is 9.77. The van der Waals surface area contributed by atoms with E-state index < -0.39 is 12.3 Å². The second kappa shape index (κ2) is 6.12. The first kappa shape index (κ1) is 17.1. The summed E-state index contributed by atoms with van der Waals surface area (Å²) < 4.78 is 11.5. The molecule has 0 spiro atoms. The van der Waals surface area contributed by atoms with Gasteiger partial charge < -0.3 is 14.4 Å². The predicted molar refractivity (Wildman–Crippen MR) is 108 cm³/mol. The highest BCUT2D eigenvalue weighted by molar-refractivity contribution is 6.05. The minimum Gasteiger partial charge on any atom is -0.353 e. The van der Waals surface area contributed by atoms with Crippen molar-refractivity contribution in [2.24, 2.45) is 11.8 Å². The van der Waals surface area contributed by atoms with Crippen molar-refractivity contribution in [3.05, 3.63) is 71.3 Å². The molecule has 0 N–H and O–H groups in total. The number of ketones is 2. The highest BCUT2D eigenvalue weighted by Crippen LogP contribution is 2.50. The molecule has 0 unspecified atom stereocenters. The Kier molecular flexibility index (Phi) is 3.61. The zero-order valence-electron chi connectivity index (χ0n) is 16.0. The molecular weight excluding hydrogens is 366 g/mol. The first-order valence-corrected chi connectivity index (χ1v) is 10.1. The average Bonchev–Trinajstić information content (AvgIpc) is 3.33. The van der Waals surface area contributed by atoms with Crippen molar-refractivity contribution in [2.75, 3.05) is 11.5 Å². The monoisotopic (exact) mass is 387 g/mol. The number of nitrogens with zero attached hydrogens (tertiary/aromatic N) is 1. The Morgan fingerprint density at radius 1 is 1.10 bits per heavy atom. The zero-order valence-corrected chi connectivity index (χ0v) is 16.0. The Bertz CT molecular complexity index is 1040. The second-order valence-electron chi connectivity index (χ2n) is 8.34. The molecule has 4 aliphatic rings. The van der Waals surface area contributed by atoms with E-state index in [2.05, 4.69) is 17.1 Å². The van der Waals surface area contributed by atoms with Crippen molar-refractivity contribution in [1.82, 2.24) is 0 Å². The van der Waals surface area contributed by atoms with Crippen LogP contribution in [-0.4, -0.2) is 42.7 Å². The summed E-state index contributed by atoms with van der Waals surface area (Å²) in [5, 5.41) is 0. The average molecular weight is 387 g/mol. The number of aryl methyl sites for hydroxylation is 1. The summed E-state index contributed by atoms with van der Waals surface area (Å²) in [7, 11) is 0. The topological polar surface area (TPSA) is 55.8 Å². The third-order valence-corrected chi connectivity index (χ3v) is 6.76. The van der Waals surface area contributed by atoms with E-state index in [4.69, 9.17) is 9.47 Å². The lowest BCUT2D eigenvalue weighted by molar-refractivity contribution is -0.163. The quantitative estimate of drug-likeness (QED) is 0.742. The number of carbonyl (C=O) groups is 2. The Balaban J connectivity index is 1.52. The maximum atomic E-state index is 13.8. The molecule has 3 saturated heterocycles. The molecule has 3 fully saturated rings. The lowest BCUT2D eigenvalue weighted by Gasteiger charge is -2.35. The SMILES string of the molecule is Cc1ccc(C(=O)[C@H]2[C@@H]3[C@H](C(=O)[C@H]4OC[C@@H]3O4)[C@H]3C=Cc4ccccc4N32)cc1. The van der Waals surface area contributed by atoms with E-state index in [0.717, 1.165) is 16.8 Å². The molecule has 0 radical (unpaired) electrons. The Hall–Kier alpha value is -2.76. The summed E-state index contributed by atoms with van der Waals surface area (Å²) >= 11 is 0. The van der Waals surface area contributed by atoms with Gasteiger partial charge >= 0.3 is 0 Å². The number of Topliss-reactive ketones (excluding diaryl/α,β-unsaturated/α-hetero) is 2. The predicted octanol–water partition coefficient (Wildman–Crippen LogP) is 3.02. The van der Waals surface area contributed by atoms with Gasteiger partial charge in [-0.2, -0.15) is 0 Å². The number of ether oxygens (including phenoxy) is 2. The van der Waals surface area contributed by atoms with Crippen molar-refractivity contribution in [3.63, 3.8) is 0 Å². The molecule has 6 atom stereocenters. The number of benzene rings is 2. The first-order chi connectivity index (χ1) is 14.1. The van der Waals surface area contributed by atoms with Crippen molar-refractivity contribution < 1.29 is 19.1 Å². The molecule has 0 aliphatic carbocycles. The van der Waals surface area contributed by atoms with Gasteiger partial charge in [0.1, 0.15) is 0 Å². The summed E-state index contributed by atoms with van der Waals surface area (Å²) in [6.45, 7) is 2.37. The van der Waals surface area contributed by atoms with Crippen LogP contribution < -0.4 is 4.90 Å². The molecule has 4 heterocycles. The highest BCUT2D eigenvalue weighted by atomic mass is 16.7. The summed E-state index contributed by atoms with van der Waals surface area (Å²) in [4.78, 5) is 29.1. The molecule has 0 aromatic heterocycles. The number of fused-ring (bicyclic) bond motifs is 8. The van der Waals surface area contributed by atoms with Crippen LogP contribution in [0.4, 0.5) is 5.69 Å². The lowest BCUT2D eigenvalue weighted by Crippen LogP contribution is -2.48. The fourth-order valence-corrected chi connectivity index (χ4v) is 5.47. The number of carbonyl (C=O) groups excluding carboxylic acids is 2. The van der Waals surface area contributed by atoms with E-state index in [1.54, 1.807) is 0 Å². The van der Waals surface area contributed by atoms with E-state index >= 15 is 0 Å². The van der Waals surface area contributed by atoms with Gasteiger partial charge in [0.2, 0.25) is 6.29 Å². The molecule has 0 saturated carbocycles. The second-order valence-corrected chi connectivity index (χ2v) is 8.34. The molecular formula is C24H21NO4. The van der Waals surface area contributed by atoms with Crippen LogP contribution in [0.3, 0.4) is 0 Å². The van der Waals surface area contributed by atoms with Gasteiger partial charge in [-0.15, -0.1) is 0 Å². The van der Waals surface area contributed by atoms with Gasteiger partial charge in [-0.05, 0) is 18.6 Å². The Morgan fingerprint density at radius 2 is 1.90 bits per heavy atom. The maximum Gasteiger partial charge on any atom is 0.218 e. The van der Waals surface area contributed by atoms with Crippen molar-refractivity contribution in [2.45, 2.75) is 31.4 Å². The molecule has 2 aromatic rings. The van der Waals surface area contributed by atoms with E-state index in [1.807, 2.05) is 55.5 Å². The molecule has 2 aromatic carbocycles. The van der Waals surface area contributed by atoms with Crippen LogP contribution in [0.2, 0.25) is 0 Å². The third-order valence-electron chi connectivity index (χ3n) is 6.76. The zero-order chi connectivity index (χ0) is 19.7. The molecule has 2 bridgehead atoms. The van der Waals surface area contributed by atoms with Crippen LogP contribution in [0.15, 0.2) is 54.6 Å². The number of hydrogen-bond acceptors (Lipinski definition) is 5. The molecule has 5 nitrogen and oxygen atoms in total.